The number of nitrogens with zero attached hydrogens (tertiary/aromatic N) is 2. The molecule has 0 amide bonds. The molecule has 5 heteroatoms. The van der Waals surface area contributed by atoms with E-state index in [4.69, 9.17) is 9.73 Å². The van der Waals surface area contributed by atoms with Crippen molar-refractivity contribution >= 4 is 27.7 Å². The van der Waals surface area contributed by atoms with Gasteiger partial charge in [0, 0.05) is 22.3 Å². The zero-order valence-corrected chi connectivity index (χ0v) is 16.4. The third-order valence-electron chi connectivity index (χ3n) is 5.44. The zero-order chi connectivity index (χ0) is 18.9. The largest absolute Gasteiger partial charge is 0.506 e. The molecule has 1 saturated carbocycles. The highest BCUT2D eigenvalue weighted by atomic mass is 32.2. The third-order valence-corrected chi connectivity index (χ3v) is 6.86. The lowest BCUT2D eigenvalue weighted by Crippen LogP contribution is -2.14. The number of phenols is 1. The number of hydrogen-bond donors (Lipinski definition) is 1. The van der Waals surface area contributed by atoms with E-state index in [2.05, 4.69) is 11.1 Å². The number of aromatic nitrogens is 1. The monoisotopic (exact) mass is 390 g/mol. The fourth-order valence-corrected chi connectivity index (χ4v) is 5.37. The number of phenolic OH excluding ortho intramolecular Hbond substituents is 1. The molecule has 2 atom stereocenters. The molecule has 2 aliphatic rings. The maximum Gasteiger partial charge on any atom is 0.219 e. The van der Waals surface area contributed by atoms with Crippen LogP contribution in [0.3, 0.4) is 0 Å². The average molecular weight is 391 g/mol. The molecule has 0 unspecified atom stereocenters. The number of thioether (sulfide) groups is 1. The first-order chi connectivity index (χ1) is 13.8. The molecule has 2 heterocycles. The Morgan fingerprint density at radius 1 is 0.964 bits per heavy atom. The fourth-order valence-electron chi connectivity index (χ4n) is 3.99. The van der Waals surface area contributed by atoms with Crippen molar-refractivity contribution in [2.45, 2.75) is 43.4 Å². The minimum Gasteiger partial charge on any atom is -0.506 e. The van der Waals surface area contributed by atoms with Crippen molar-refractivity contribution in [3.63, 3.8) is 0 Å². The summed E-state index contributed by atoms with van der Waals surface area (Å²) in [4.78, 5) is 9.48. The summed E-state index contributed by atoms with van der Waals surface area (Å²) in [5.74, 6) is 1.36. The van der Waals surface area contributed by atoms with Gasteiger partial charge in [-0.2, -0.15) is 0 Å². The first-order valence-electron chi connectivity index (χ1n) is 9.88. The minimum atomic E-state index is 0.159. The van der Waals surface area contributed by atoms with E-state index in [0.29, 0.717) is 22.7 Å². The first-order valence-corrected chi connectivity index (χ1v) is 10.8. The average Bonchev–Trinajstić information content (AvgIpc) is 2.99. The molecule has 0 bridgehead atoms. The number of pyridine rings is 1. The molecule has 3 aromatic rings. The van der Waals surface area contributed by atoms with Gasteiger partial charge >= 0.3 is 0 Å². The second kappa shape index (κ2) is 7.47. The summed E-state index contributed by atoms with van der Waals surface area (Å²) in [6.07, 6.45) is 6.43. The SMILES string of the molecule is Oc1cccc2ccc(Oc3cccc(C4=N[C@H]5CCCCC[C@@H]5S4)c3)nc12. The Balaban J connectivity index is 1.39. The van der Waals surface area contributed by atoms with E-state index in [0.717, 1.165) is 21.7 Å². The van der Waals surface area contributed by atoms with Gasteiger partial charge in [-0.05, 0) is 37.1 Å². The van der Waals surface area contributed by atoms with Crippen LogP contribution < -0.4 is 4.74 Å². The Morgan fingerprint density at radius 3 is 2.82 bits per heavy atom. The molecule has 142 valence electrons. The Kier molecular flexibility index (Phi) is 4.69. The molecule has 1 fully saturated rings. The van der Waals surface area contributed by atoms with Gasteiger partial charge < -0.3 is 9.84 Å². The number of para-hydroxylation sites is 1. The van der Waals surface area contributed by atoms with Gasteiger partial charge in [0.25, 0.3) is 0 Å². The number of rotatable bonds is 3. The Labute approximate surface area is 168 Å². The molecule has 0 spiro atoms. The summed E-state index contributed by atoms with van der Waals surface area (Å²) >= 11 is 1.93. The summed E-state index contributed by atoms with van der Waals surface area (Å²) in [5, 5.41) is 12.7. The van der Waals surface area contributed by atoms with E-state index in [1.807, 2.05) is 54.2 Å². The molecular formula is C23H22N2O2S. The van der Waals surface area contributed by atoms with Crippen LogP contribution >= 0.6 is 11.8 Å². The molecule has 1 aliphatic carbocycles. The Bertz CT molecular complexity index is 1050. The molecule has 2 aromatic carbocycles. The maximum atomic E-state index is 10.0. The predicted molar refractivity (Wildman–Crippen MR) is 115 cm³/mol. The van der Waals surface area contributed by atoms with E-state index < -0.39 is 0 Å². The van der Waals surface area contributed by atoms with Crippen molar-refractivity contribution in [2.75, 3.05) is 0 Å². The van der Waals surface area contributed by atoms with Crippen molar-refractivity contribution in [1.82, 2.24) is 4.98 Å². The van der Waals surface area contributed by atoms with E-state index in [1.54, 1.807) is 6.07 Å². The number of fused-ring (bicyclic) bond motifs is 2. The first kappa shape index (κ1) is 17.6. The molecule has 5 rings (SSSR count). The van der Waals surface area contributed by atoms with Gasteiger partial charge in [-0.25, -0.2) is 4.98 Å². The van der Waals surface area contributed by atoms with Crippen molar-refractivity contribution in [2.24, 2.45) is 4.99 Å². The molecule has 1 aliphatic heterocycles. The quantitative estimate of drug-likeness (QED) is 0.602. The van der Waals surface area contributed by atoms with Gasteiger partial charge in [0.1, 0.15) is 17.0 Å². The van der Waals surface area contributed by atoms with Crippen LogP contribution in [-0.2, 0) is 0 Å². The predicted octanol–water partition coefficient (Wildman–Crippen LogP) is 5.93. The van der Waals surface area contributed by atoms with Crippen LogP contribution in [0, 0.1) is 0 Å². The van der Waals surface area contributed by atoms with Crippen molar-refractivity contribution in [1.29, 1.82) is 0 Å². The third kappa shape index (κ3) is 3.47. The van der Waals surface area contributed by atoms with Crippen LogP contribution in [0.2, 0.25) is 0 Å². The number of aliphatic imine (C=N–C) groups is 1. The van der Waals surface area contributed by atoms with E-state index >= 15 is 0 Å². The topological polar surface area (TPSA) is 54.7 Å². The van der Waals surface area contributed by atoms with Crippen LogP contribution in [0.1, 0.15) is 37.7 Å². The van der Waals surface area contributed by atoms with Crippen LogP contribution in [0.5, 0.6) is 17.4 Å². The molecule has 1 aromatic heterocycles. The van der Waals surface area contributed by atoms with Gasteiger partial charge in [-0.1, -0.05) is 43.5 Å². The van der Waals surface area contributed by atoms with Crippen LogP contribution in [0.4, 0.5) is 0 Å². The second-order valence-corrected chi connectivity index (χ2v) is 8.65. The summed E-state index contributed by atoms with van der Waals surface area (Å²) in [7, 11) is 0. The van der Waals surface area contributed by atoms with Gasteiger partial charge in [-0.3, -0.25) is 4.99 Å². The lowest BCUT2D eigenvalue weighted by molar-refractivity contribution is 0.460. The van der Waals surface area contributed by atoms with Crippen molar-refractivity contribution in [3.8, 4) is 17.4 Å². The number of aromatic hydroxyl groups is 1. The summed E-state index contributed by atoms with van der Waals surface area (Å²) < 4.78 is 5.99. The van der Waals surface area contributed by atoms with Crippen molar-refractivity contribution in [3.05, 3.63) is 60.2 Å². The lowest BCUT2D eigenvalue weighted by Gasteiger charge is -2.11. The summed E-state index contributed by atoms with van der Waals surface area (Å²) in [6.45, 7) is 0. The number of benzene rings is 2. The molecule has 28 heavy (non-hydrogen) atoms. The summed E-state index contributed by atoms with van der Waals surface area (Å²) in [6, 6.07) is 17.6. The van der Waals surface area contributed by atoms with Crippen molar-refractivity contribution < 1.29 is 9.84 Å². The van der Waals surface area contributed by atoms with Crippen LogP contribution in [0.25, 0.3) is 10.9 Å². The fraction of sp³-hybridized carbons (Fsp3) is 0.304. The van der Waals surface area contributed by atoms with Gasteiger partial charge in [0.15, 0.2) is 0 Å². The van der Waals surface area contributed by atoms with Gasteiger partial charge in [0.2, 0.25) is 5.88 Å². The highest BCUT2D eigenvalue weighted by Crippen LogP contribution is 2.38. The Morgan fingerprint density at radius 2 is 1.86 bits per heavy atom. The molecule has 1 N–H and O–H groups in total. The highest BCUT2D eigenvalue weighted by molar-refractivity contribution is 8.15. The van der Waals surface area contributed by atoms with Gasteiger partial charge in [0.05, 0.1) is 11.1 Å². The Hall–Kier alpha value is -2.53. The van der Waals surface area contributed by atoms with Crippen LogP contribution in [0.15, 0.2) is 59.6 Å². The number of ether oxygens (including phenoxy) is 1. The van der Waals surface area contributed by atoms with Crippen LogP contribution in [-0.4, -0.2) is 26.4 Å². The zero-order valence-electron chi connectivity index (χ0n) is 15.5. The standard InChI is InChI=1S/C23H22N2O2S/c26-19-10-5-6-15-12-13-21(25-22(15)19)27-17-8-4-7-16(14-17)23-24-18-9-2-1-3-11-20(18)28-23/h4-8,10,12-14,18,20,26H,1-3,9,11H2/t18-,20-/m0/s1. The van der Waals surface area contributed by atoms with E-state index in [-0.39, 0.29) is 5.75 Å². The minimum absolute atomic E-state index is 0.159. The summed E-state index contributed by atoms with van der Waals surface area (Å²) in [5.41, 5.74) is 1.66. The maximum absolute atomic E-state index is 10.0. The molecule has 4 nitrogen and oxygen atoms in total. The molecular weight excluding hydrogens is 368 g/mol. The molecule has 0 radical (unpaired) electrons. The second-order valence-electron chi connectivity index (χ2n) is 7.42. The van der Waals surface area contributed by atoms with E-state index in [9.17, 15) is 5.11 Å². The number of hydrogen-bond acceptors (Lipinski definition) is 5. The van der Waals surface area contributed by atoms with Gasteiger partial charge in [-0.15, -0.1) is 11.8 Å². The molecule has 0 saturated heterocycles. The normalized spacial score (nSPS) is 21.8. The lowest BCUT2D eigenvalue weighted by atomic mass is 10.1. The van der Waals surface area contributed by atoms with E-state index in [1.165, 1.54) is 32.1 Å². The smallest absolute Gasteiger partial charge is 0.219 e. The highest BCUT2D eigenvalue weighted by Gasteiger charge is 2.31.